The Bertz CT molecular complexity index is 1450. The molecule has 0 bridgehead atoms. The van der Waals surface area contributed by atoms with Gasteiger partial charge in [0.25, 0.3) is 0 Å². The van der Waals surface area contributed by atoms with Crippen LogP contribution in [-0.2, 0) is 0 Å². The number of ether oxygens (including phenoxy) is 1. The number of thiocarbonyl (C=S) groups is 1. The number of hydrogen-bond donors (Lipinski definition) is 2. The SMILES string of the molecule is COc1cccc(N2C(=S)N[C@@H](c3ccccn3)[C@H]2c2cc(C)n(-c3ccccc3C(=O)O)c2C)c1. The maximum atomic E-state index is 12.0. The Balaban J connectivity index is 1.71. The fourth-order valence-corrected chi connectivity index (χ4v) is 5.36. The van der Waals surface area contributed by atoms with E-state index < -0.39 is 5.97 Å². The third-order valence-corrected chi connectivity index (χ3v) is 6.91. The number of carboxylic acids is 1. The summed E-state index contributed by atoms with van der Waals surface area (Å²) < 4.78 is 7.48. The molecule has 3 heterocycles. The summed E-state index contributed by atoms with van der Waals surface area (Å²) >= 11 is 5.85. The molecule has 0 radical (unpaired) electrons. The maximum absolute atomic E-state index is 12.0. The number of rotatable bonds is 6. The summed E-state index contributed by atoms with van der Waals surface area (Å²) in [7, 11) is 1.64. The second kappa shape index (κ2) is 9.47. The van der Waals surface area contributed by atoms with Gasteiger partial charge in [-0.1, -0.05) is 24.3 Å². The third-order valence-electron chi connectivity index (χ3n) is 6.59. The lowest BCUT2D eigenvalue weighted by Gasteiger charge is -2.28. The molecule has 2 atom stereocenters. The summed E-state index contributed by atoms with van der Waals surface area (Å²) in [4.78, 5) is 18.7. The molecular weight excluding hydrogens is 472 g/mol. The molecule has 0 spiro atoms. The molecule has 2 aromatic carbocycles. The Hall–Kier alpha value is -4.17. The minimum Gasteiger partial charge on any atom is -0.497 e. The number of nitrogens with zero attached hydrogens (tertiary/aromatic N) is 3. The molecule has 1 fully saturated rings. The molecule has 2 aromatic heterocycles. The zero-order chi connectivity index (χ0) is 25.4. The van der Waals surface area contributed by atoms with Gasteiger partial charge in [0.05, 0.1) is 36.1 Å². The molecule has 0 aliphatic carbocycles. The van der Waals surface area contributed by atoms with Crippen molar-refractivity contribution in [3.8, 4) is 11.4 Å². The molecule has 1 saturated heterocycles. The number of hydrogen-bond acceptors (Lipinski definition) is 4. The first-order valence-electron chi connectivity index (χ1n) is 11.6. The second-order valence-electron chi connectivity index (χ2n) is 8.68. The lowest BCUT2D eigenvalue weighted by molar-refractivity contribution is 0.0697. The number of nitrogens with one attached hydrogen (secondary N) is 1. The molecule has 5 rings (SSSR count). The Labute approximate surface area is 215 Å². The largest absolute Gasteiger partial charge is 0.497 e. The number of pyridine rings is 1. The summed E-state index contributed by atoms with van der Waals surface area (Å²) in [5, 5.41) is 13.9. The number of benzene rings is 2. The number of carbonyl (C=O) groups is 1. The molecule has 0 unspecified atom stereocenters. The van der Waals surface area contributed by atoms with Crippen LogP contribution in [0.25, 0.3) is 5.69 Å². The van der Waals surface area contributed by atoms with Crippen LogP contribution in [0.3, 0.4) is 0 Å². The molecule has 1 aliphatic heterocycles. The Morgan fingerprint density at radius 3 is 2.56 bits per heavy atom. The predicted molar refractivity (Wildman–Crippen MR) is 143 cm³/mol. The normalized spacial score (nSPS) is 17.2. The van der Waals surface area contributed by atoms with Crippen molar-refractivity contribution in [3.05, 3.63) is 107 Å². The van der Waals surface area contributed by atoms with Gasteiger partial charge in [0, 0.05) is 29.3 Å². The van der Waals surface area contributed by atoms with Gasteiger partial charge in [-0.3, -0.25) is 4.98 Å². The quantitative estimate of drug-likeness (QED) is 0.346. The summed E-state index contributed by atoms with van der Waals surface area (Å²) in [5.41, 5.74) is 5.53. The van der Waals surface area contributed by atoms with Crippen molar-refractivity contribution in [1.82, 2.24) is 14.9 Å². The van der Waals surface area contributed by atoms with Crippen LogP contribution in [0.5, 0.6) is 5.75 Å². The Morgan fingerprint density at radius 1 is 1.06 bits per heavy atom. The monoisotopic (exact) mass is 498 g/mol. The van der Waals surface area contributed by atoms with Crippen LogP contribution in [-0.4, -0.2) is 32.8 Å². The zero-order valence-corrected chi connectivity index (χ0v) is 21.0. The molecular formula is C28H26N4O3S. The molecule has 0 saturated carbocycles. The van der Waals surface area contributed by atoms with E-state index in [2.05, 4.69) is 21.3 Å². The Morgan fingerprint density at radius 2 is 1.83 bits per heavy atom. The topological polar surface area (TPSA) is 79.6 Å². The van der Waals surface area contributed by atoms with Crippen LogP contribution in [0.15, 0.2) is 79.0 Å². The number of anilines is 1. The molecule has 0 amide bonds. The van der Waals surface area contributed by atoms with Crippen molar-refractivity contribution in [2.24, 2.45) is 0 Å². The van der Waals surface area contributed by atoms with Gasteiger partial charge in [0.1, 0.15) is 5.75 Å². The first-order chi connectivity index (χ1) is 17.4. The summed E-state index contributed by atoms with van der Waals surface area (Å²) in [6.07, 6.45) is 1.78. The van der Waals surface area contributed by atoms with Crippen LogP contribution in [0.2, 0.25) is 0 Å². The third kappa shape index (κ3) is 3.99. The standard InChI is InChI=1S/C28H26N4O3S/c1-17-15-22(18(2)31(17)24-13-5-4-11-21(24)27(33)34)26-25(23-12-6-7-14-29-23)30-28(36)32(26)19-9-8-10-20(16-19)35-3/h4-16,25-26H,1-3H3,(H,30,36)(H,33,34)/t25-,26+/m0/s1. The number of para-hydroxylation sites is 1. The number of aryl methyl sites for hydroxylation is 1. The van der Waals surface area contributed by atoms with Gasteiger partial charge in [0.15, 0.2) is 5.11 Å². The first-order valence-corrected chi connectivity index (χ1v) is 12.0. The molecule has 36 heavy (non-hydrogen) atoms. The molecule has 1 aliphatic rings. The smallest absolute Gasteiger partial charge is 0.337 e. The van der Waals surface area contributed by atoms with E-state index in [4.69, 9.17) is 17.0 Å². The van der Waals surface area contributed by atoms with Crippen molar-refractivity contribution in [2.75, 3.05) is 12.0 Å². The van der Waals surface area contributed by atoms with E-state index in [1.54, 1.807) is 25.4 Å². The number of aromatic carboxylic acids is 1. The van der Waals surface area contributed by atoms with Gasteiger partial charge in [0.2, 0.25) is 0 Å². The molecule has 4 aromatic rings. The van der Waals surface area contributed by atoms with E-state index >= 15 is 0 Å². The Kier molecular flexibility index (Phi) is 6.20. The number of aromatic nitrogens is 2. The van der Waals surface area contributed by atoms with E-state index in [0.717, 1.165) is 34.1 Å². The van der Waals surface area contributed by atoms with E-state index in [-0.39, 0.29) is 17.6 Å². The van der Waals surface area contributed by atoms with E-state index in [1.807, 2.05) is 73.0 Å². The lowest BCUT2D eigenvalue weighted by atomic mass is 9.96. The minimum absolute atomic E-state index is 0.214. The summed E-state index contributed by atoms with van der Waals surface area (Å²) in [6.45, 7) is 4.00. The fourth-order valence-electron chi connectivity index (χ4n) is 5.02. The maximum Gasteiger partial charge on any atom is 0.337 e. The van der Waals surface area contributed by atoms with Gasteiger partial charge in [-0.25, -0.2) is 4.79 Å². The van der Waals surface area contributed by atoms with Crippen molar-refractivity contribution < 1.29 is 14.6 Å². The highest BCUT2D eigenvalue weighted by Gasteiger charge is 2.42. The van der Waals surface area contributed by atoms with E-state index in [9.17, 15) is 9.90 Å². The molecule has 8 heteroatoms. The molecule has 182 valence electrons. The van der Waals surface area contributed by atoms with Gasteiger partial charge in [-0.2, -0.15) is 0 Å². The van der Waals surface area contributed by atoms with Gasteiger partial charge >= 0.3 is 5.97 Å². The van der Waals surface area contributed by atoms with Gasteiger partial charge in [-0.05, 0) is 74.1 Å². The van der Waals surface area contributed by atoms with Crippen molar-refractivity contribution in [3.63, 3.8) is 0 Å². The lowest BCUT2D eigenvalue weighted by Crippen LogP contribution is -2.29. The second-order valence-corrected chi connectivity index (χ2v) is 9.07. The highest BCUT2D eigenvalue weighted by molar-refractivity contribution is 7.80. The van der Waals surface area contributed by atoms with Gasteiger partial charge in [-0.15, -0.1) is 0 Å². The van der Waals surface area contributed by atoms with Crippen LogP contribution < -0.4 is 15.0 Å². The van der Waals surface area contributed by atoms with E-state index in [0.29, 0.717) is 10.8 Å². The van der Waals surface area contributed by atoms with Crippen LogP contribution in [0.1, 0.15) is 45.1 Å². The molecule has 2 N–H and O–H groups in total. The summed E-state index contributed by atoms with van der Waals surface area (Å²) in [6, 6.07) is 22.4. The highest BCUT2D eigenvalue weighted by atomic mass is 32.1. The minimum atomic E-state index is -0.965. The van der Waals surface area contributed by atoms with Crippen molar-refractivity contribution >= 4 is 29.0 Å². The molecule has 7 nitrogen and oxygen atoms in total. The van der Waals surface area contributed by atoms with Crippen molar-refractivity contribution in [2.45, 2.75) is 25.9 Å². The average molecular weight is 499 g/mol. The predicted octanol–water partition coefficient (Wildman–Crippen LogP) is 5.37. The highest BCUT2D eigenvalue weighted by Crippen LogP contribution is 2.44. The number of carboxylic acid groups (broad SMARTS) is 1. The van der Waals surface area contributed by atoms with Crippen molar-refractivity contribution in [1.29, 1.82) is 0 Å². The van der Waals surface area contributed by atoms with E-state index in [1.165, 1.54) is 0 Å². The zero-order valence-electron chi connectivity index (χ0n) is 20.2. The average Bonchev–Trinajstić information content (AvgIpc) is 3.39. The summed E-state index contributed by atoms with van der Waals surface area (Å²) in [5.74, 6) is -0.232. The van der Waals surface area contributed by atoms with Crippen LogP contribution >= 0.6 is 12.2 Å². The van der Waals surface area contributed by atoms with Crippen LogP contribution in [0.4, 0.5) is 5.69 Å². The van der Waals surface area contributed by atoms with Crippen LogP contribution in [0, 0.1) is 13.8 Å². The fraction of sp³-hybridized carbons (Fsp3) is 0.179. The first kappa shape index (κ1) is 23.6. The van der Waals surface area contributed by atoms with Gasteiger partial charge < -0.3 is 24.6 Å². The number of methoxy groups -OCH3 is 1.